The maximum absolute atomic E-state index is 13.8. The zero-order valence-electron chi connectivity index (χ0n) is 19.1. The molecular formula is C26H25N2O5P. The maximum atomic E-state index is 13.8. The van der Waals surface area contributed by atoms with Gasteiger partial charge in [0, 0.05) is 28.3 Å². The van der Waals surface area contributed by atoms with E-state index in [9.17, 15) is 4.57 Å². The first-order valence-corrected chi connectivity index (χ1v) is 12.3. The lowest BCUT2D eigenvalue weighted by atomic mass is 10.2. The summed E-state index contributed by atoms with van der Waals surface area (Å²) in [5.74, 6) is 5.65. The fourth-order valence-corrected chi connectivity index (χ4v) is 4.98. The molecule has 0 saturated heterocycles. The lowest BCUT2D eigenvalue weighted by Gasteiger charge is -2.22. The Labute approximate surface area is 198 Å². The largest absolute Gasteiger partial charge is 0.493 e. The maximum Gasteiger partial charge on any atom is 0.235 e. The molecule has 0 saturated carbocycles. The lowest BCUT2D eigenvalue weighted by molar-refractivity contribution is 0.324. The van der Waals surface area contributed by atoms with Crippen molar-refractivity contribution in [2.75, 3.05) is 21.3 Å². The molecule has 0 aliphatic carbocycles. The number of nitrogens with zero attached hydrogens (tertiary/aromatic N) is 1. The van der Waals surface area contributed by atoms with Crippen LogP contribution in [0, 0.1) is 0 Å². The molecule has 0 radical (unpaired) electrons. The quantitative estimate of drug-likeness (QED) is 0.246. The van der Waals surface area contributed by atoms with Crippen LogP contribution in [-0.4, -0.2) is 27.5 Å². The lowest BCUT2D eigenvalue weighted by Crippen LogP contribution is -2.06. The van der Waals surface area contributed by atoms with E-state index in [0.29, 0.717) is 34.3 Å². The normalized spacial score (nSPS) is 14.6. The summed E-state index contributed by atoms with van der Waals surface area (Å²) < 4.78 is 36.0. The van der Waals surface area contributed by atoms with Crippen molar-refractivity contribution in [3.05, 3.63) is 101 Å². The van der Waals surface area contributed by atoms with Crippen molar-refractivity contribution in [2.24, 2.45) is 5.10 Å². The average Bonchev–Trinajstić information content (AvgIpc) is 2.88. The van der Waals surface area contributed by atoms with Crippen molar-refractivity contribution in [3.63, 3.8) is 0 Å². The molecule has 0 bridgehead atoms. The molecule has 1 aliphatic heterocycles. The molecule has 0 atom stereocenters. The third-order valence-corrected chi connectivity index (χ3v) is 6.73. The number of benzene rings is 3. The van der Waals surface area contributed by atoms with Gasteiger partial charge in [-0.15, -0.1) is 0 Å². The molecule has 174 valence electrons. The molecule has 0 aromatic heterocycles. The molecule has 0 unspecified atom stereocenters. The number of methoxy groups -OCH3 is 3. The molecule has 1 N–H and O–H groups in total. The molecule has 7 nitrogen and oxygen atoms in total. The minimum atomic E-state index is -3.23. The Morgan fingerprint density at radius 2 is 1.29 bits per heavy atom. The Balaban J connectivity index is 1.66. The predicted octanol–water partition coefficient (Wildman–Crippen LogP) is 5.94. The van der Waals surface area contributed by atoms with E-state index in [0.717, 1.165) is 11.1 Å². The van der Waals surface area contributed by atoms with Gasteiger partial charge in [-0.05, 0) is 12.1 Å². The van der Waals surface area contributed by atoms with E-state index < -0.39 is 7.29 Å². The molecule has 3 aromatic rings. The van der Waals surface area contributed by atoms with E-state index >= 15 is 0 Å². The summed E-state index contributed by atoms with van der Waals surface area (Å²) in [6, 6.07) is 22.6. The van der Waals surface area contributed by atoms with Crippen LogP contribution in [0.15, 0.2) is 89.5 Å². The summed E-state index contributed by atoms with van der Waals surface area (Å²) in [7, 11) is 1.40. The van der Waals surface area contributed by atoms with Gasteiger partial charge < -0.3 is 18.9 Å². The number of rotatable bonds is 8. The van der Waals surface area contributed by atoms with Gasteiger partial charge in [-0.3, -0.25) is 9.76 Å². The van der Waals surface area contributed by atoms with Crippen LogP contribution in [0.25, 0.3) is 11.5 Å². The van der Waals surface area contributed by atoms with E-state index in [-0.39, 0.29) is 0 Å². The minimum Gasteiger partial charge on any atom is -0.493 e. The molecule has 34 heavy (non-hydrogen) atoms. The second kappa shape index (κ2) is 10.3. The fourth-order valence-electron chi connectivity index (χ4n) is 3.46. The van der Waals surface area contributed by atoms with E-state index in [2.05, 4.69) is 10.3 Å². The van der Waals surface area contributed by atoms with Gasteiger partial charge in [-0.25, -0.2) is 0 Å². The zero-order chi connectivity index (χ0) is 24.0. The van der Waals surface area contributed by atoms with Crippen LogP contribution in [0.3, 0.4) is 0 Å². The second-order valence-electron chi connectivity index (χ2n) is 7.35. The smallest absolute Gasteiger partial charge is 0.235 e. The SMILES string of the molecule is COc1cc(/C=N/NP2(=O)C=C(c3ccccc3)OC(c3ccccc3)=C2)cc(OC)c1OC. The topological polar surface area (TPSA) is 78.4 Å². The molecule has 3 aromatic carbocycles. The summed E-state index contributed by atoms with van der Waals surface area (Å²) in [6.45, 7) is 0. The first kappa shape index (κ1) is 23.2. The van der Waals surface area contributed by atoms with E-state index in [1.165, 1.54) is 0 Å². The summed E-state index contributed by atoms with van der Waals surface area (Å²) in [4.78, 5) is 0. The Hall–Kier alpha value is -3.96. The third kappa shape index (κ3) is 5.16. The zero-order valence-corrected chi connectivity index (χ0v) is 20.0. The van der Waals surface area contributed by atoms with Crippen LogP contribution in [0.1, 0.15) is 16.7 Å². The van der Waals surface area contributed by atoms with Crippen molar-refractivity contribution in [1.29, 1.82) is 0 Å². The van der Waals surface area contributed by atoms with E-state index in [1.54, 1.807) is 51.3 Å². The van der Waals surface area contributed by atoms with Gasteiger partial charge in [0.2, 0.25) is 13.0 Å². The average molecular weight is 476 g/mol. The van der Waals surface area contributed by atoms with Crippen LogP contribution in [-0.2, 0) is 9.30 Å². The van der Waals surface area contributed by atoms with Gasteiger partial charge in [0.15, 0.2) is 11.5 Å². The highest BCUT2D eigenvalue weighted by Crippen LogP contribution is 2.53. The van der Waals surface area contributed by atoms with Crippen molar-refractivity contribution in [1.82, 2.24) is 5.20 Å². The number of ether oxygens (including phenoxy) is 4. The van der Waals surface area contributed by atoms with E-state index in [4.69, 9.17) is 18.9 Å². The van der Waals surface area contributed by atoms with E-state index in [1.807, 2.05) is 60.7 Å². The monoisotopic (exact) mass is 476 g/mol. The van der Waals surface area contributed by atoms with Crippen LogP contribution in [0.2, 0.25) is 0 Å². The summed E-state index contributed by atoms with van der Waals surface area (Å²) in [5.41, 5.74) is 2.32. The highest BCUT2D eigenvalue weighted by atomic mass is 31.2. The standard InChI is InChI=1S/C26H25N2O5P/c1-30-22-14-19(15-23(31-2)26(22)32-3)16-27-28-34(29)17-24(20-10-6-4-7-11-20)33-25(18-34)21-12-8-5-9-13-21/h4-18H,1-3H3,(H,28,29)/b27-16+. The highest BCUT2D eigenvalue weighted by molar-refractivity contribution is 7.68. The van der Waals surface area contributed by atoms with Gasteiger partial charge in [-0.1, -0.05) is 60.7 Å². The van der Waals surface area contributed by atoms with Crippen molar-refractivity contribution < 1.29 is 23.5 Å². The first-order chi connectivity index (χ1) is 16.5. The number of hydrogen-bond acceptors (Lipinski definition) is 6. The molecule has 1 heterocycles. The van der Waals surface area contributed by atoms with Gasteiger partial charge in [0.25, 0.3) is 0 Å². The van der Waals surface area contributed by atoms with Crippen LogP contribution >= 0.6 is 7.29 Å². The van der Waals surface area contributed by atoms with Gasteiger partial charge in [0.05, 0.1) is 27.5 Å². The van der Waals surface area contributed by atoms with Crippen LogP contribution in [0.5, 0.6) is 17.2 Å². The number of hydrazone groups is 1. The Kier molecular flexibility index (Phi) is 7.04. The summed E-state index contributed by atoms with van der Waals surface area (Å²) in [5, 5.41) is 7.09. The highest BCUT2D eigenvalue weighted by Gasteiger charge is 2.26. The molecule has 0 spiro atoms. The molecule has 4 rings (SSSR count). The van der Waals surface area contributed by atoms with Gasteiger partial charge >= 0.3 is 0 Å². The molecular weight excluding hydrogens is 451 g/mol. The van der Waals surface area contributed by atoms with Crippen LogP contribution < -0.4 is 19.4 Å². The predicted molar refractivity (Wildman–Crippen MR) is 134 cm³/mol. The Morgan fingerprint density at radius 3 is 1.74 bits per heavy atom. The molecule has 8 heteroatoms. The minimum absolute atomic E-state index is 0.484. The van der Waals surface area contributed by atoms with Crippen LogP contribution in [0.4, 0.5) is 0 Å². The third-order valence-electron chi connectivity index (χ3n) is 5.07. The summed E-state index contributed by atoms with van der Waals surface area (Å²) in [6.07, 6.45) is 1.55. The molecule has 0 amide bonds. The number of nitrogens with one attached hydrogen (secondary N) is 1. The molecule has 1 aliphatic rings. The van der Waals surface area contributed by atoms with Crippen molar-refractivity contribution in [3.8, 4) is 17.2 Å². The fraction of sp³-hybridized carbons (Fsp3) is 0.115. The second-order valence-corrected chi connectivity index (χ2v) is 9.48. The number of hydrogen-bond donors (Lipinski definition) is 1. The van der Waals surface area contributed by atoms with Gasteiger partial charge in [-0.2, -0.15) is 5.10 Å². The Bertz CT molecular complexity index is 1200. The van der Waals surface area contributed by atoms with Crippen molar-refractivity contribution in [2.45, 2.75) is 0 Å². The van der Waals surface area contributed by atoms with Gasteiger partial charge in [0.1, 0.15) is 11.5 Å². The van der Waals surface area contributed by atoms with Crippen molar-refractivity contribution >= 4 is 25.0 Å². The Morgan fingerprint density at radius 1 is 0.794 bits per heavy atom. The molecule has 0 fully saturated rings. The summed E-state index contributed by atoms with van der Waals surface area (Å²) >= 11 is 0. The first-order valence-electron chi connectivity index (χ1n) is 10.5.